The minimum absolute atomic E-state index is 0.0558. The molecule has 1 heterocycles. The maximum absolute atomic E-state index is 13.0. The highest BCUT2D eigenvalue weighted by molar-refractivity contribution is 6.33. The topological polar surface area (TPSA) is 57.0 Å². The molecule has 0 bridgehead atoms. The van der Waals surface area contributed by atoms with Crippen LogP contribution in [-0.4, -0.2) is 27.3 Å². The smallest absolute Gasteiger partial charge is 0.378 e. The van der Waals surface area contributed by atoms with E-state index < -0.39 is 11.8 Å². The van der Waals surface area contributed by atoms with Gasteiger partial charge in [0.15, 0.2) is 5.82 Å². The number of aryl methyl sites for hydroxylation is 1. The largest absolute Gasteiger partial charge is 0.460 e. The van der Waals surface area contributed by atoms with Gasteiger partial charge in [-0.25, -0.2) is 18.9 Å². The molecule has 0 saturated carbocycles. The Morgan fingerprint density at radius 2 is 2.26 bits per heavy atom. The lowest BCUT2D eigenvalue weighted by molar-refractivity contribution is 0.0512. The quantitative estimate of drug-likeness (QED) is 0.812. The van der Waals surface area contributed by atoms with Gasteiger partial charge in [-0.15, -0.1) is 5.10 Å². The van der Waals surface area contributed by atoms with Gasteiger partial charge in [0, 0.05) is 12.6 Å². The Hall–Kier alpha value is -1.95. The molecule has 0 amide bonds. The van der Waals surface area contributed by atoms with Crippen molar-refractivity contribution < 1.29 is 13.9 Å². The molecule has 1 aromatic heterocycles. The number of esters is 1. The molecule has 0 fully saturated rings. The number of halogens is 2. The highest BCUT2D eigenvalue weighted by Gasteiger charge is 2.18. The lowest BCUT2D eigenvalue weighted by Gasteiger charge is -2.02. The monoisotopic (exact) mass is 283 g/mol. The number of hydrogen-bond donors (Lipinski definition) is 0. The molecule has 0 unspecified atom stereocenters. The molecule has 7 heteroatoms. The second kappa shape index (κ2) is 5.36. The van der Waals surface area contributed by atoms with Crippen LogP contribution in [0, 0.1) is 5.82 Å². The van der Waals surface area contributed by atoms with Crippen LogP contribution in [0.1, 0.15) is 17.5 Å². The van der Waals surface area contributed by atoms with E-state index in [4.69, 9.17) is 16.3 Å². The predicted octanol–water partition coefficient (Wildman–Crippen LogP) is 2.45. The molecule has 2 rings (SSSR count). The normalized spacial score (nSPS) is 10.5. The molecule has 1 aromatic carbocycles. The molecule has 2 aromatic rings. The van der Waals surface area contributed by atoms with Crippen molar-refractivity contribution in [3.05, 3.63) is 34.9 Å². The van der Waals surface area contributed by atoms with Gasteiger partial charge in [0.1, 0.15) is 5.82 Å². The Morgan fingerprint density at radius 3 is 2.89 bits per heavy atom. The highest BCUT2D eigenvalue weighted by atomic mass is 35.5. The van der Waals surface area contributed by atoms with Gasteiger partial charge >= 0.3 is 5.97 Å². The second-order valence-electron chi connectivity index (χ2n) is 3.73. The summed E-state index contributed by atoms with van der Waals surface area (Å²) in [5, 5.41) is 4.15. The lowest BCUT2D eigenvalue weighted by Crippen LogP contribution is -2.07. The van der Waals surface area contributed by atoms with E-state index >= 15 is 0 Å². The Labute approximate surface area is 114 Å². The maximum atomic E-state index is 13.0. The maximum Gasteiger partial charge on any atom is 0.378 e. The SMILES string of the molecule is CCOC(=O)c1nc(-c2ccc(F)cc2Cl)n(C)n1. The summed E-state index contributed by atoms with van der Waals surface area (Å²) < 4.78 is 19.2. The number of ether oxygens (including phenoxy) is 1. The molecule has 19 heavy (non-hydrogen) atoms. The molecule has 0 aliphatic carbocycles. The van der Waals surface area contributed by atoms with Crippen LogP contribution >= 0.6 is 11.6 Å². The van der Waals surface area contributed by atoms with Crippen molar-refractivity contribution in [1.29, 1.82) is 0 Å². The Bertz CT molecular complexity index is 627. The van der Waals surface area contributed by atoms with Crippen LogP contribution < -0.4 is 0 Å². The molecular weight excluding hydrogens is 273 g/mol. The Kier molecular flexibility index (Phi) is 3.80. The van der Waals surface area contributed by atoms with Gasteiger partial charge < -0.3 is 4.74 Å². The van der Waals surface area contributed by atoms with Crippen molar-refractivity contribution in [3.8, 4) is 11.4 Å². The number of nitrogens with zero attached hydrogens (tertiary/aromatic N) is 3. The fraction of sp³-hybridized carbons (Fsp3) is 0.250. The standard InChI is InChI=1S/C12H11ClFN3O2/c1-3-19-12(18)10-15-11(17(2)16-10)8-5-4-7(14)6-9(8)13/h4-6H,3H2,1-2H3. The van der Waals surface area contributed by atoms with E-state index in [2.05, 4.69) is 10.1 Å². The van der Waals surface area contributed by atoms with Gasteiger partial charge in [-0.05, 0) is 25.1 Å². The number of carbonyl (C=O) groups excluding carboxylic acids is 1. The zero-order chi connectivity index (χ0) is 14.0. The van der Waals surface area contributed by atoms with Crippen molar-refractivity contribution in [2.24, 2.45) is 7.05 Å². The summed E-state index contributed by atoms with van der Waals surface area (Å²) in [5.41, 5.74) is 0.494. The van der Waals surface area contributed by atoms with Crippen LogP contribution in [0.2, 0.25) is 5.02 Å². The van der Waals surface area contributed by atoms with E-state index in [9.17, 15) is 9.18 Å². The zero-order valence-electron chi connectivity index (χ0n) is 10.4. The first-order valence-corrected chi connectivity index (χ1v) is 5.94. The van der Waals surface area contributed by atoms with Crippen LogP contribution in [0.25, 0.3) is 11.4 Å². The van der Waals surface area contributed by atoms with Crippen molar-refractivity contribution in [2.75, 3.05) is 6.61 Å². The Balaban J connectivity index is 2.43. The van der Waals surface area contributed by atoms with E-state index in [-0.39, 0.29) is 17.5 Å². The van der Waals surface area contributed by atoms with Crippen LogP contribution in [0.3, 0.4) is 0 Å². The van der Waals surface area contributed by atoms with Crippen molar-refractivity contribution in [3.63, 3.8) is 0 Å². The first-order valence-electron chi connectivity index (χ1n) is 5.56. The van der Waals surface area contributed by atoms with Gasteiger partial charge in [-0.3, -0.25) is 0 Å². The minimum atomic E-state index is -0.609. The van der Waals surface area contributed by atoms with E-state index in [0.29, 0.717) is 11.4 Å². The summed E-state index contributed by atoms with van der Waals surface area (Å²) in [6, 6.07) is 3.92. The second-order valence-corrected chi connectivity index (χ2v) is 4.13. The fourth-order valence-corrected chi connectivity index (χ4v) is 1.82. The molecule has 0 saturated heterocycles. The zero-order valence-corrected chi connectivity index (χ0v) is 11.1. The third-order valence-electron chi connectivity index (χ3n) is 2.39. The summed E-state index contributed by atoms with van der Waals surface area (Å²) in [4.78, 5) is 15.6. The summed E-state index contributed by atoms with van der Waals surface area (Å²) in [6.07, 6.45) is 0. The third-order valence-corrected chi connectivity index (χ3v) is 2.71. The van der Waals surface area contributed by atoms with Crippen molar-refractivity contribution >= 4 is 17.6 Å². The van der Waals surface area contributed by atoms with Gasteiger partial charge in [-0.2, -0.15) is 0 Å². The molecular formula is C12H11ClFN3O2. The van der Waals surface area contributed by atoms with Gasteiger partial charge in [0.2, 0.25) is 0 Å². The molecule has 0 N–H and O–H groups in total. The Morgan fingerprint density at radius 1 is 1.53 bits per heavy atom. The fourth-order valence-electron chi connectivity index (χ4n) is 1.57. The molecule has 5 nitrogen and oxygen atoms in total. The van der Waals surface area contributed by atoms with Gasteiger partial charge in [0.25, 0.3) is 5.82 Å². The van der Waals surface area contributed by atoms with E-state index in [1.165, 1.54) is 22.9 Å². The summed E-state index contributed by atoms with van der Waals surface area (Å²) >= 11 is 5.95. The average Bonchev–Trinajstić information content (AvgIpc) is 2.72. The lowest BCUT2D eigenvalue weighted by atomic mass is 10.2. The number of aromatic nitrogens is 3. The minimum Gasteiger partial charge on any atom is -0.460 e. The molecule has 0 spiro atoms. The molecule has 0 radical (unpaired) electrons. The van der Waals surface area contributed by atoms with Crippen molar-refractivity contribution in [1.82, 2.24) is 14.8 Å². The molecule has 100 valence electrons. The van der Waals surface area contributed by atoms with Crippen LogP contribution in [0.4, 0.5) is 4.39 Å². The number of carbonyl (C=O) groups is 1. The highest BCUT2D eigenvalue weighted by Crippen LogP contribution is 2.26. The van der Waals surface area contributed by atoms with Crippen LogP contribution in [0.15, 0.2) is 18.2 Å². The third kappa shape index (κ3) is 2.73. The van der Waals surface area contributed by atoms with E-state index in [0.717, 1.165) is 0 Å². The molecule has 0 atom stereocenters. The number of hydrogen-bond acceptors (Lipinski definition) is 4. The molecule has 0 aliphatic rings. The predicted molar refractivity (Wildman–Crippen MR) is 67.4 cm³/mol. The van der Waals surface area contributed by atoms with Gasteiger partial charge in [0.05, 0.1) is 11.6 Å². The molecule has 0 aliphatic heterocycles. The summed E-state index contributed by atoms with van der Waals surface area (Å²) in [6.45, 7) is 1.93. The average molecular weight is 284 g/mol. The van der Waals surface area contributed by atoms with E-state index in [1.807, 2.05) is 0 Å². The van der Waals surface area contributed by atoms with Gasteiger partial charge in [-0.1, -0.05) is 11.6 Å². The first kappa shape index (κ1) is 13.5. The van der Waals surface area contributed by atoms with Crippen LogP contribution in [0.5, 0.6) is 0 Å². The van der Waals surface area contributed by atoms with E-state index in [1.54, 1.807) is 14.0 Å². The first-order chi connectivity index (χ1) is 9.02. The number of benzene rings is 1. The summed E-state index contributed by atoms with van der Waals surface area (Å²) in [7, 11) is 1.62. The van der Waals surface area contributed by atoms with Crippen LogP contribution in [-0.2, 0) is 11.8 Å². The summed E-state index contributed by atoms with van der Waals surface area (Å²) in [5.74, 6) is -0.739. The number of rotatable bonds is 3. The van der Waals surface area contributed by atoms with Crippen molar-refractivity contribution in [2.45, 2.75) is 6.92 Å².